The zero-order valence-corrected chi connectivity index (χ0v) is 18.9. The quantitative estimate of drug-likeness (QED) is 0.491. The van der Waals surface area contributed by atoms with E-state index in [9.17, 15) is 8.42 Å². The maximum Gasteiger partial charge on any atom is 0.178 e. The summed E-state index contributed by atoms with van der Waals surface area (Å²) in [5.41, 5.74) is 2.55. The third kappa shape index (κ3) is 3.85. The zero-order valence-electron chi connectivity index (χ0n) is 18.1. The Balaban J connectivity index is 1.83. The highest BCUT2D eigenvalue weighted by molar-refractivity contribution is 7.90. The number of pyridine rings is 2. The lowest BCUT2D eigenvalue weighted by Gasteiger charge is -2.34. The van der Waals surface area contributed by atoms with E-state index in [1.165, 1.54) is 6.07 Å². The van der Waals surface area contributed by atoms with Crippen LogP contribution in [-0.2, 0) is 14.6 Å². The summed E-state index contributed by atoms with van der Waals surface area (Å²) >= 11 is 0. The third-order valence-corrected chi connectivity index (χ3v) is 6.90. The molecule has 1 aliphatic rings. The number of halogens is 1. The van der Waals surface area contributed by atoms with Crippen LogP contribution in [0.3, 0.4) is 0 Å². The molecule has 0 aliphatic carbocycles. The van der Waals surface area contributed by atoms with E-state index in [0.29, 0.717) is 53.4 Å². The molecule has 0 bridgehead atoms. The van der Waals surface area contributed by atoms with Crippen molar-refractivity contribution in [3.05, 3.63) is 54.6 Å². The number of H-pyrrole nitrogens is 1. The molecule has 33 heavy (non-hydrogen) atoms. The van der Waals surface area contributed by atoms with E-state index >= 15 is 4.39 Å². The Kier molecular flexibility index (Phi) is 5.34. The van der Waals surface area contributed by atoms with E-state index in [4.69, 9.17) is 9.72 Å². The van der Waals surface area contributed by atoms with Crippen LogP contribution in [-0.4, -0.2) is 60.6 Å². The molecule has 170 valence electrons. The molecule has 10 heteroatoms. The third-order valence-electron chi connectivity index (χ3n) is 5.78. The Morgan fingerprint density at radius 3 is 2.76 bits per heavy atom. The molecule has 0 spiro atoms. The Hall–Kier alpha value is -3.37. The molecule has 3 aromatic heterocycles. The largest absolute Gasteiger partial charge is 0.377 e. The van der Waals surface area contributed by atoms with Crippen LogP contribution in [0.4, 0.5) is 10.2 Å². The topological polar surface area (TPSA) is 101 Å². The van der Waals surface area contributed by atoms with Crippen molar-refractivity contribution < 1.29 is 17.5 Å². The molecule has 0 unspecified atom stereocenters. The monoisotopic (exact) mass is 467 g/mol. The van der Waals surface area contributed by atoms with Crippen molar-refractivity contribution in [3.63, 3.8) is 0 Å². The molecule has 4 heterocycles. The number of sulfone groups is 1. The van der Waals surface area contributed by atoms with Crippen molar-refractivity contribution in [2.24, 2.45) is 0 Å². The normalized spacial score (nSPS) is 16.9. The number of nitrogens with one attached hydrogen (secondary N) is 1. The van der Waals surface area contributed by atoms with Crippen LogP contribution < -0.4 is 4.90 Å². The van der Waals surface area contributed by atoms with Gasteiger partial charge in [-0.2, -0.15) is 5.10 Å². The number of benzene rings is 1. The summed E-state index contributed by atoms with van der Waals surface area (Å²) < 4.78 is 45.5. The molecular formula is C23H22FN5O3S. The first-order chi connectivity index (χ1) is 15.8. The molecule has 1 N–H and O–H groups in total. The fourth-order valence-electron chi connectivity index (χ4n) is 4.17. The summed E-state index contributed by atoms with van der Waals surface area (Å²) in [6.07, 6.45) is 4.25. The smallest absolute Gasteiger partial charge is 0.178 e. The SMILES string of the molecule is C[C@@H]1COCCN1c1cc(-c2cccc(S(C)(=O)=O)c2F)c2ccnc(-c3ccn[nH]3)c2n1. The predicted octanol–water partition coefficient (Wildman–Crippen LogP) is 3.45. The Bertz CT molecular complexity index is 1440. The van der Waals surface area contributed by atoms with Crippen molar-refractivity contribution in [2.45, 2.75) is 17.9 Å². The second kappa shape index (κ2) is 8.20. The highest BCUT2D eigenvalue weighted by Gasteiger charge is 2.25. The lowest BCUT2D eigenvalue weighted by Crippen LogP contribution is -2.44. The van der Waals surface area contributed by atoms with Crippen molar-refractivity contribution in [2.75, 3.05) is 30.9 Å². The van der Waals surface area contributed by atoms with Gasteiger partial charge >= 0.3 is 0 Å². The molecule has 1 saturated heterocycles. The second-order valence-corrected chi connectivity index (χ2v) is 10.0. The lowest BCUT2D eigenvalue weighted by molar-refractivity contribution is 0.0986. The van der Waals surface area contributed by atoms with Crippen LogP contribution >= 0.6 is 0 Å². The average molecular weight is 468 g/mol. The van der Waals surface area contributed by atoms with Crippen molar-refractivity contribution in [3.8, 4) is 22.5 Å². The van der Waals surface area contributed by atoms with Gasteiger partial charge in [0, 0.05) is 36.1 Å². The number of hydrogen-bond acceptors (Lipinski definition) is 7. The number of nitrogens with zero attached hydrogens (tertiary/aromatic N) is 4. The summed E-state index contributed by atoms with van der Waals surface area (Å²) in [5.74, 6) is -0.139. The summed E-state index contributed by atoms with van der Waals surface area (Å²) in [6.45, 7) is 3.77. The van der Waals surface area contributed by atoms with Gasteiger partial charge < -0.3 is 9.64 Å². The maximum absolute atomic E-state index is 15.5. The van der Waals surface area contributed by atoms with Gasteiger partial charge in [0.25, 0.3) is 0 Å². The van der Waals surface area contributed by atoms with Crippen molar-refractivity contribution >= 4 is 26.6 Å². The van der Waals surface area contributed by atoms with E-state index in [1.807, 2.05) is 13.0 Å². The van der Waals surface area contributed by atoms with Crippen LogP contribution in [0.5, 0.6) is 0 Å². The molecule has 0 radical (unpaired) electrons. The van der Waals surface area contributed by atoms with Crippen LogP contribution in [0, 0.1) is 5.82 Å². The molecule has 4 aromatic rings. The minimum absolute atomic E-state index is 0.0658. The Morgan fingerprint density at radius 2 is 2.03 bits per heavy atom. The molecule has 1 aromatic carbocycles. The number of aromatic amines is 1. The van der Waals surface area contributed by atoms with Gasteiger partial charge in [-0.1, -0.05) is 12.1 Å². The number of ether oxygens (including phenoxy) is 1. The molecule has 8 nitrogen and oxygen atoms in total. The van der Waals surface area contributed by atoms with Gasteiger partial charge in [-0.15, -0.1) is 0 Å². The van der Waals surface area contributed by atoms with Gasteiger partial charge in [-0.3, -0.25) is 10.1 Å². The Morgan fingerprint density at radius 1 is 1.18 bits per heavy atom. The fraction of sp³-hybridized carbons (Fsp3) is 0.261. The number of hydrogen-bond donors (Lipinski definition) is 1. The van der Waals surface area contributed by atoms with Gasteiger partial charge in [0.05, 0.1) is 24.9 Å². The summed E-state index contributed by atoms with van der Waals surface area (Å²) in [7, 11) is -3.74. The first-order valence-corrected chi connectivity index (χ1v) is 12.4. The molecule has 1 atom stereocenters. The van der Waals surface area contributed by atoms with Gasteiger partial charge in [-0.25, -0.2) is 17.8 Å². The highest BCUT2D eigenvalue weighted by Crippen LogP contribution is 2.37. The van der Waals surface area contributed by atoms with Gasteiger partial charge in [-0.05, 0) is 36.8 Å². The predicted molar refractivity (Wildman–Crippen MR) is 123 cm³/mol. The van der Waals surface area contributed by atoms with Gasteiger partial charge in [0.2, 0.25) is 0 Å². The van der Waals surface area contributed by atoms with Crippen LogP contribution in [0.15, 0.2) is 53.7 Å². The maximum atomic E-state index is 15.5. The average Bonchev–Trinajstić information content (AvgIpc) is 3.32. The number of rotatable bonds is 4. The van der Waals surface area contributed by atoms with E-state index in [0.717, 1.165) is 6.26 Å². The van der Waals surface area contributed by atoms with Crippen molar-refractivity contribution in [1.29, 1.82) is 0 Å². The highest BCUT2D eigenvalue weighted by atomic mass is 32.2. The number of aromatic nitrogens is 4. The standard InChI is InChI=1S/C23H22FN5O3S/c1-14-13-32-11-10-29(14)20-12-17(15-4-3-5-19(21(15)24)33(2,30)31)16-6-8-25-23(22(16)27-20)18-7-9-26-28-18/h3-9,12,14H,10-11,13H2,1-2H3,(H,26,28)/t14-/m1/s1. The lowest BCUT2D eigenvalue weighted by atomic mass is 9.99. The number of anilines is 1. The first-order valence-electron chi connectivity index (χ1n) is 10.5. The zero-order chi connectivity index (χ0) is 23.2. The van der Waals surface area contributed by atoms with E-state index < -0.39 is 15.7 Å². The van der Waals surface area contributed by atoms with Crippen molar-refractivity contribution in [1.82, 2.24) is 20.2 Å². The minimum Gasteiger partial charge on any atom is -0.377 e. The second-order valence-electron chi connectivity index (χ2n) is 8.06. The summed E-state index contributed by atoms with van der Waals surface area (Å²) in [4.78, 5) is 11.2. The summed E-state index contributed by atoms with van der Waals surface area (Å²) in [5, 5.41) is 7.59. The molecule has 0 amide bonds. The molecule has 5 rings (SSSR count). The molecule has 0 saturated carbocycles. The van der Waals surface area contributed by atoms with E-state index in [2.05, 4.69) is 20.1 Å². The van der Waals surface area contributed by atoms with Gasteiger partial charge in [0.1, 0.15) is 27.7 Å². The Labute approximate surface area is 190 Å². The fourth-order valence-corrected chi connectivity index (χ4v) is 4.93. The van der Waals surface area contributed by atoms with Crippen LogP contribution in [0.25, 0.3) is 33.4 Å². The van der Waals surface area contributed by atoms with Crippen LogP contribution in [0.1, 0.15) is 6.92 Å². The van der Waals surface area contributed by atoms with Gasteiger partial charge in [0.15, 0.2) is 9.84 Å². The van der Waals surface area contributed by atoms with Crippen LogP contribution in [0.2, 0.25) is 0 Å². The molecular weight excluding hydrogens is 445 g/mol. The first kappa shape index (κ1) is 21.5. The minimum atomic E-state index is -3.74. The van der Waals surface area contributed by atoms with E-state index in [1.54, 1.807) is 36.7 Å². The molecule has 1 aliphatic heterocycles. The number of fused-ring (bicyclic) bond motifs is 1. The molecule has 1 fully saturated rings. The van der Waals surface area contributed by atoms with E-state index in [-0.39, 0.29) is 16.5 Å². The summed E-state index contributed by atoms with van der Waals surface area (Å²) in [6, 6.07) is 9.84. The number of morpholine rings is 1.